The maximum absolute atomic E-state index is 11.1. The van der Waals surface area contributed by atoms with Crippen molar-refractivity contribution in [3.8, 4) is 5.75 Å². The van der Waals surface area contributed by atoms with E-state index in [1.807, 2.05) is 18.2 Å². The number of fused-ring (bicyclic) bond motifs is 1. The number of anilines is 1. The Hall–Kier alpha value is -1.55. The van der Waals surface area contributed by atoms with Gasteiger partial charge in [0.05, 0.1) is 6.42 Å². The average Bonchev–Trinajstić information content (AvgIpc) is 2.45. The van der Waals surface area contributed by atoms with Crippen LogP contribution in [0.4, 0.5) is 5.69 Å². The molecule has 1 aliphatic rings. The highest BCUT2D eigenvalue weighted by molar-refractivity contribution is 6.00. The average molecular weight is 192 g/mol. The summed E-state index contributed by atoms with van der Waals surface area (Å²) in [5.74, 6) is 0.691. The molecule has 1 heterocycles. The summed E-state index contributed by atoms with van der Waals surface area (Å²) >= 11 is 0. The number of hydrogen-bond donors (Lipinski definition) is 2. The highest BCUT2D eigenvalue weighted by Gasteiger charge is 2.21. The molecule has 3 N–H and O–H groups in total. The lowest BCUT2D eigenvalue weighted by Crippen LogP contribution is -2.22. The molecule has 1 atom stereocenters. The Morgan fingerprint density at radius 3 is 3.07 bits per heavy atom. The van der Waals surface area contributed by atoms with Crippen LogP contribution in [0, 0.1) is 0 Å². The van der Waals surface area contributed by atoms with Gasteiger partial charge in [0.15, 0.2) is 0 Å². The van der Waals surface area contributed by atoms with Crippen molar-refractivity contribution in [3.05, 3.63) is 23.8 Å². The van der Waals surface area contributed by atoms with Crippen LogP contribution in [0.15, 0.2) is 18.2 Å². The molecule has 4 nitrogen and oxygen atoms in total. The first-order valence-electron chi connectivity index (χ1n) is 4.51. The lowest BCUT2D eigenvalue weighted by Gasteiger charge is -2.12. The number of hydrogen-bond acceptors (Lipinski definition) is 3. The molecule has 0 saturated heterocycles. The van der Waals surface area contributed by atoms with Crippen LogP contribution >= 0.6 is 0 Å². The van der Waals surface area contributed by atoms with Crippen molar-refractivity contribution in [1.82, 2.24) is 0 Å². The van der Waals surface area contributed by atoms with Crippen molar-refractivity contribution < 1.29 is 9.53 Å². The molecule has 14 heavy (non-hydrogen) atoms. The van der Waals surface area contributed by atoms with Crippen molar-refractivity contribution in [2.45, 2.75) is 19.6 Å². The number of rotatable bonds is 2. The second-order valence-electron chi connectivity index (χ2n) is 3.33. The number of nitrogens with two attached hydrogens (primary N) is 1. The van der Waals surface area contributed by atoms with Crippen molar-refractivity contribution in [2.75, 3.05) is 5.32 Å². The number of benzene rings is 1. The van der Waals surface area contributed by atoms with E-state index in [0.717, 1.165) is 11.3 Å². The Labute approximate surface area is 82.1 Å². The molecular formula is C10H12N2O2. The highest BCUT2D eigenvalue weighted by atomic mass is 16.5. The summed E-state index contributed by atoms with van der Waals surface area (Å²) in [7, 11) is 0. The van der Waals surface area contributed by atoms with Gasteiger partial charge < -0.3 is 10.1 Å². The Morgan fingerprint density at radius 1 is 1.57 bits per heavy atom. The van der Waals surface area contributed by atoms with E-state index in [0.29, 0.717) is 12.2 Å². The summed E-state index contributed by atoms with van der Waals surface area (Å²) in [5.41, 5.74) is 7.25. The van der Waals surface area contributed by atoms with Crippen LogP contribution in [0.1, 0.15) is 12.5 Å². The molecule has 1 unspecified atom stereocenters. The number of ether oxygens (including phenoxy) is 1. The second-order valence-corrected chi connectivity index (χ2v) is 3.33. The zero-order valence-corrected chi connectivity index (χ0v) is 7.91. The minimum absolute atomic E-state index is 0.000671. The summed E-state index contributed by atoms with van der Waals surface area (Å²) < 4.78 is 5.39. The Bertz CT molecular complexity index is 374. The standard InChI is InChI=1S/C10H12N2O2/c1-6(11)14-9-4-2-3-8-7(9)5-10(13)12-8/h2-4,6H,5,11H2,1H3,(H,12,13). The molecule has 4 heteroatoms. The van der Waals surface area contributed by atoms with E-state index in [4.69, 9.17) is 10.5 Å². The van der Waals surface area contributed by atoms with Gasteiger partial charge in [-0.05, 0) is 19.1 Å². The third-order valence-corrected chi connectivity index (χ3v) is 2.06. The molecule has 1 aliphatic heterocycles. The van der Waals surface area contributed by atoms with Gasteiger partial charge in [-0.15, -0.1) is 0 Å². The van der Waals surface area contributed by atoms with Crippen LogP contribution in [0.25, 0.3) is 0 Å². The van der Waals surface area contributed by atoms with Crippen LogP contribution in [0.3, 0.4) is 0 Å². The number of amides is 1. The fourth-order valence-electron chi connectivity index (χ4n) is 1.53. The van der Waals surface area contributed by atoms with Gasteiger partial charge in [-0.25, -0.2) is 0 Å². The topological polar surface area (TPSA) is 64.3 Å². The van der Waals surface area contributed by atoms with E-state index < -0.39 is 0 Å². The number of carbonyl (C=O) groups is 1. The monoisotopic (exact) mass is 192 g/mol. The molecule has 74 valence electrons. The predicted molar refractivity (Wildman–Crippen MR) is 53.1 cm³/mol. The van der Waals surface area contributed by atoms with Gasteiger partial charge in [0.25, 0.3) is 0 Å². The maximum Gasteiger partial charge on any atom is 0.229 e. The van der Waals surface area contributed by atoms with Crippen LogP contribution < -0.4 is 15.8 Å². The fraction of sp³-hybridized carbons (Fsp3) is 0.300. The summed E-state index contributed by atoms with van der Waals surface area (Å²) in [5, 5.41) is 2.75. The zero-order chi connectivity index (χ0) is 10.1. The summed E-state index contributed by atoms with van der Waals surface area (Å²) in [6.45, 7) is 1.75. The molecule has 2 rings (SSSR count). The number of carbonyl (C=O) groups excluding carboxylic acids is 1. The lowest BCUT2D eigenvalue weighted by atomic mass is 10.1. The summed E-state index contributed by atoms with van der Waals surface area (Å²) in [6, 6.07) is 5.51. The second kappa shape index (κ2) is 3.31. The van der Waals surface area contributed by atoms with Gasteiger partial charge in [-0.1, -0.05) is 6.07 Å². The van der Waals surface area contributed by atoms with Crippen LogP contribution in [0.5, 0.6) is 5.75 Å². The smallest absolute Gasteiger partial charge is 0.229 e. The predicted octanol–water partition coefficient (Wildman–Crippen LogP) is 0.865. The van der Waals surface area contributed by atoms with Crippen molar-refractivity contribution in [3.63, 3.8) is 0 Å². The van der Waals surface area contributed by atoms with E-state index in [2.05, 4.69) is 5.32 Å². The van der Waals surface area contributed by atoms with Crippen molar-refractivity contribution in [1.29, 1.82) is 0 Å². The van der Waals surface area contributed by atoms with Crippen molar-refractivity contribution in [2.24, 2.45) is 5.73 Å². The highest BCUT2D eigenvalue weighted by Crippen LogP contribution is 2.31. The molecule has 0 aromatic heterocycles. The third-order valence-electron chi connectivity index (χ3n) is 2.06. The Morgan fingerprint density at radius 2 is 2.36 bits per heavy atom. The zero-order valence-electron chi connectivity index (χ0n) is 7.91. The molecular weight excluding hydrogens is 180 g/mol. The van der Waals surface area contributed by atoms with E-state index in [1.165, 1.54) is 0 Å². The molecule has 1 aromatic carbocycles. The quantitative estimate of drug-likeness (QED) is 0.683. The molecule has 0 fully saturated rings. The molecule has 1 amide bonds. The minimum Gasteiger partial charge on any atom is -0.475 e. The Balaban J connectivity index is 2.34. The largest absolute Gasteiger partial charge is 0.475 e. The third kappa shape index (κ3) is 1.56. The molecule has 1 aromatic rings. The molecule has 0 spiro atoms. The summed E-state index contributed by atoms with van der Waals surface area (Å²) in [4.78, 5) is 11.1. The van der Waals surface area contributed by atoms with Crippen LogP contribution in [-0.4, -0.2) is 12.1 Å². The van der Waals surface area contributed by atoms with Gasteiger partial charge in [0.2, 0.25) is 5.91 Å². The fourth-order valence-corrected chi connectivity index (χ4v) is 1.53. The Kier molecular flexibility index (Phi) is 2.13. The van der Waals surface area contributed by atoms with Crippen LogP contribution in [0.2, 0.25) is 0 Å². The molecule has 0 bridgehead atoms. The first-order valence-corrected chi connectivity index (χ1v) is 4.51. The number of nitrogens with one attached hydrogen (secondary N) is 1. The van der Waals surface area contributed by atoms with E-state index in [-0.39, 0.29) is 12.1 Å². The molecule has 0 saturated carbocycles. The summed E-state index contributed by atoms with van der Waals surface area (Å²) in [6.07, 6.45) is 0.00954. The molecule has 0 aliphatic carbocycles. The first-order chi connectivity index (χ1) is 6.66. The molecule has 0 radical (unpaired) electrons. The SMILES string of the molecule is CC(N)Oc1cccc2c1CC(=O)N2. The minimum atomic E-state index is -0.364. The van der Waals surface area contributed by atoms with Gasteiger partial charge in [0.1, 0.15) is 12.0 Å². The van der Waals surface area contributed by atoms with Crippen molar-refractivity contribution >= 4 is 11.6 Å². The van der Waals surface area contributed by atoms with E-state index >= 15 is 0 Å². The van der Waals surface area contributed by atoms with E-state index in [1.54, 1.807) is 6.92 Å². The van der Waals surface area contributed by atoms with Crippen LogP contribution in [-0.2, 0) is 11.2 Å². The lowest BCUT2D eigenvalue weighted by molar-refractivity contribution is -0.115. The van der Waals surface area contributed by atoms with Gasteiger partial charge in [-0.3, -0.25) is 10.5 Å². The van der Waals surface area contributed by atoms with Gasteiger partial charge in [0, 0.05) is 11.3 Å². The van der Waals surface area contributed by atoms with Gasteiger partial charge in [-0.2, -0.15) is 0 Å². The van der Waals surface area contributed by atoms with Gasteiger partial charge >= 0.3 is 0 Å². The first kappa shape index (κ1) is 9.02. The van der Waals surface area contributed by atoms with E-state index in [9.17, 15) is 4.79 Å². The normalized spacial score (nSPS) is 16.0. The maximum atomic E-state index is 11.1.